The summed E-state index contributed by atoms with van der Waals surface area (Å²) in [4.78, 5) is 17.1. The largest absolute Gasteiger partial charge is 0.457 e. The standard InChI is InChI=1S/C6H5N3O2/c7-6-8-3-1-2-11-4(3)5(10)9-6/h1-2H,(H3,7,8,9,10). The molecule has 0 saturated carbocycles. The number of H-pyrrole nitrogens is 1. The number of nitrogens with two attached hydrogens (primary N) is 1. The zero-order valence-corrected chi connectivity index (χ0v) is 5.50. The summed E-state index contributed by atoms with van der Waals surface area (Å²) in [5.41, 5.74) is 5.61. The van der Waals surface area contributed by atoms with Gasteiger partial charge < -0.3 is 10.2 Å². The van der Waals surface area contributed by atoms with Crippen LogP contribution in [0.5, 0.6) is 0 Å². The number of nitrogens with one attached hydrogen (secondary N) is 1. The Labute approximate surface area is 60.8 Å². The van der Waals surface area contributed by atoms with E-state index in [1.54, 1.807) is 6.07 Å². The molecule has 0 fully saturated rings. The lowest BCUT2D eigenvalue weighted by atomic mass is 10.5. The summed E-state index contributed by atoms with van der Waals surface area (Å²) < 4.78 is 4.84. The molecule has 0 aromatic carbocycles. The van der Waals surface area contributed by atoms with Crippen LogP contribution in [0.1, 0.15) is 0 Å². The fourth-order valence-electron chi connectivity index (χ4n) is 0.891. The van der Waals surface area contributed by atoms with Crippen molar-refractivity contribution in [2.45, 2.75) is 0 Å². The molecule has 2 aromatic heterocycles. The molecule has 0 atom stereocenters. The molecule has 0 aliphatic rings. The van der Waals surface area contributed by atoms with E-state index in [1.165, 1.54) is 6.26 Å². The van der Waals surface area contributed by atoms with E-state index in [1.807, 2.05) is 0 Å². The average molecular weight is 151 g/mol. The van der Waals surface area contributed by atoms with Crippen LogP contribution in [0.4, 0.5) is 5.95 Å². The van der Waals surface area contributed by atoms with E-state index in [0.29, 0.717) is 5.52 Å². The maximum absolute atomic E-state index is 11.0. The topological polar surface area (TPSA) is 84.9 Å². The second-order valence-corrected chi connectivity index (χ2v) is 2.09. The van der Waals surface area contributed by atoms with Crippen molar-refractivity contribution in [1.29, 1.82) is 0 Å². The van der Waals surface area contributed by atoms with E-state index >= 15 is 0 Å². The lowest BCUT2D eigenvalue weighted by Crippen LogP contribution is -2.09. The maximum atomic E-state index is 11.0. The minimum atomic E-state index is -0.350. The molecule has 5 nitrogen and oxygen atoms in total. The van der Waals surface area contributed by atoms with Crippen molar-refractivity contribution in [3.8, 4) is 0 Å². The highest BCUT2D eigenvalue weighted by atomic mass is 16.3. The van der Waals surface area contributed by atoms with Crippen molar-refractivity contribution in [2.75, 3.05) is 5.73 Å². The van der Waals surface area contributed by atoms with Gasteiger partial charge in [0.15, 0.2) is 0 Å². The van der Waals surface area contributed by atoms with Gasteiger partial charge in [-0.1, -0.05) is 0 Å². The van der Waals surface area contributed by atoms with Crippen LogP contribution in [0.2, 0.25) is 0 Å². The van der Waals surface area contributed by atoms with Gasteiger partial charge in [-0.3, -0.25) is 9.78 Å². The third kappa shape index (κ3) is 0.778. The number of rotatable bonds is 0. The number of fused-ring (bicyclic) bond motifs is 1. The van der Waals surface area contributed by atoms with Crippen molar-refractivity contribution in [1.82, 2.24) is 9.97 Å². The smallest absolute Gasteiger partial charge is 0.295 e. The van der Waals surface area contributed by atoms with Gasteiger partial charge in [0.2, 0.25) is 11.5 Å². The zero-order valence-electron chi connectivity index (χ0n) is 5.50. The van der Waals surface area contributed by atoms with Gasteiger partial charge in [-0.05, 0) is 0 Å². The monoisotopic (exact) mass is 151 g/mol. The number of nitrogen functional groups attached to an aromatic ring is 1. The first kappa shape index (κ1) is 5.96. The number of hydrogen-bond acceptors (Lipinski definition) is 4. The third-order valence-corrected chi connectivity index (χ3v) is 1.33. The van der Waals surface area contributed by atoms with Crippen LogP contribution in [-0.4, -0.2) is 9.97 Å². The first-order chi connectivity index (χ1) is 5.27. The molecule has 0 bridgehead atoms. The predicted molar refractivity (Wildman–Crippen MR) is 39.0 cm³/mol. The molecule has 0 aliphatic heterocycles. The molecule has 11 heavy (non-hydrogen) atoms. The third-order valence-electron chi connectivity index (χ3n) is 1.33. The molecule has 0 unspecified atom stereocenters. The van der Waals surface area contributed by atoms with Crippen molar-refractivity contribution >= 4 is 17.0 Å². The van der Waals surface area contributed by atoms with E-state index in [0.717, 1.165) is 0 Å². The van der Waals surface area contributed by atoms with Gasteiger partial charge >= 0.3 is 0 Å². The van der Waals surface area contributed by atoms with Crippen LogP contribution in [-0.2, 0) is 0 Å². The van der Waals surface area contributed by atoms with E-state index < -0.39 is 0 Å². The summed E-state index contributed by atoms with van der Waals surface area (Å²) in [6.45, 7) is 0. The average Bonchev–Trinajstić information content (AvgIpc) is 2.34. The summed E-state index contributed by atoms with van der Waals surface area (Å²) in [5, 5.41) is 0. The molecular weight excluding hydrogens is 146 g/mol. The van der Waals surface area contributed by atoms with Gasteiger partial charge in [0.05, 0.1) is 6.26 Å². The molecule has 2 aromatic rings. The Hall–Kier alpha value is -1.78. The van der Waals surface area contributed by atoms with E-state index in [9.17, 15) is 4.79 Å². The van der Waals surface area contributed by atoms with Crippen LogP contribution in [0.15, 0.2) is 21.5 Å². The Morgan fingerprint density at radius 3 is 3.27 bits per heavy atom. The second kappa shape index (κ2) is 1.85. The highest BCUT2D eigenvalue weighted by Gasteiger charge is 2.02. The lowest BCUT2D eigenvalue weighted by molar-refractivity contribution is 0.610. The Morgan fingerprint density at radius 2 is 2.45 bits per heavy atom. The van der Waals surface area contributed by atoms with Crippen LogP contribution < -0.4 is 11.3 Å². The number of anilines is 1. The molecular formula is C6H5N3O2. The number of aromatic nitrogens is 2. The van der Waals surface area contributed by atoms with Gasteiger partial charge in [0.1, 0.15) is 5.52 Å². The molecule has 3 N–H and O–H groups in total. The Bertz CT molecular complexity index is 442. The fraction of sp³-hybridized carbons (Fsp3) is 0. The quantitative estimate of drug-likeness (QED) is 0.559. The van der Waals surface area contributed by atoms with E-state index in [-0.39, 0.29) is 17.1 Å². The first-order valence-electron chi connectivity index (χ1n) is 3.00. The molecule has 2 heterocycles. The number of hydrogen-bond donors (Lipinski definition) is 2. The van der Waals surface area contributed by atoms with E-state index in [4.69, 9.17) is 10.2 Å². The van der Waals surface area contributed by atoms with Crippen LogP contribution >= 0.6 is 0 Å². The van der Waals surface area contributed by atoms with Crippen molar-refractivity contribution in [2.24, 2.45) is 0 Å². The second-order valence-electron chi connectivity index (χ2n) is 2.09. The maximum Gasteiger partial charge on any atom is 0.295 e. The van der Waals surface area contributed by atoms with Crippen LogP contribution in [0, 0.1) is 0 Å². The zero-order chi connectivity index (χ0) is 7.84. The van der Waals surface area contributed by atoms with Gasteiger partial charge in [-0.2, -0.15) is 0 Å². The van der Waals surface area contributed by atoms with Crippen LogP contribution in [0.25, 0.3) is 11.1 Å². The van der Waals surface area contributed by atoms with Gasteiger partial charge in [-0.15, -0.1) is 0 Å². The van der Waals surface area contributed by atoms with Gasteiger partial charge in [0.25, 0.3) is 5.56 Å². The highest BCUT2D eigenvalue weighted by Crippen LogP contribution is 2.06. The summed E-state index contributed by atoms with van der Waals surface area (Å²) in [5.74, 6) is 0.101. The SMILES string of the molecule is Nc1nc2ccoc2c(=O)[nH]1. The molecule has 5 heteroatoms. The lowest BCUT2D eigenvalue weighted by Gasteiger charge is -1.89. The minimum absolute atomic E-state index is 0.101. The van der Waals surface area contributed by atoms with Crippen molar-refractivity contribution in [3.05, 3.63) is 22.7 Å². The first-order valence-corrected chi connectivity index (χ1v) is 3.00. The highest BCUT2D eigenvalue weighted by molar-refractivity contribution is 5.71. The van der Waals surface area contributed by atoms with Gasteiger partial charge in [-0.25, -0.2) is 4.98 Å². The molecule has 2 rings (SSSR count). The van der Waals surface area contributed by atoms with Crippen molar-refractivity contribution in [3.63, 3.8) is 0 Å². The Morgan fingerprint density at radius 1 is 1.64 bits per heavy atom. The number of nitrogens with zero attached hydrogens (tertiary/aromatic N) is 1. The van der Waals surface area contributed by atoms with Crippen molar-refractivity contribution < 1.29 is 4.42 Å². The Balaban J connectivity index is 3.02. The minimum Gasteiger partial charge on any atom is -0.457 e. The number of aromatic amines is 1. The fourth-order valence-corrected chi connectivity index (χ4v) is 0.891. The van der Waals surface area contributed by atoms with Crippen LogP contribution in [0.3, 0.4) is 0 Å². The predicted octanol–water partition coefficient (Wildman–Crippen LogP) is 0.0983. The molecule has 56 valence electrons. The summed E-state index contributed by atoms with van der Waals surface area (Å²) >= 11 is 0. The summed E-state index contributed by atoms with van der Waals surface area (Å²) in [6, 6.07) is 1.58. The summed E-state index contributed by atoms with van der Waals surface area (Å²) in [6.07, 6.45) is 1.40. The van der Waals surface area contributed by atoms with Gasteiger partial charge in [0, 0.05) is 6.07 Å². The molecule has 0 radical (unpaired) electrons. The summed E-state index contributed by atoms with van der Waals surface area (Å²) in [7, 11) is 0. The normalized spacial score (nSPS) is 10.5. The van der Waals surface area contributed by atoms with E-state index in [2.05, 4.69) is 9.97 Å². The molecule has 0 amide bonds. The molecule has 0 spiro atoms. The number of furan rings is 1. The molecule has 0 aliphatic carbocycles. The Kier molecular flexibility index (Phi) is 1.00. The molecule has 0 saturated heterocycles.